The number of hydrogen-bond acceptors (Lipinski definition) is 5. The number of aromatic nitrogens is 3. The minimum absolute atomic E-state index is 0.0651. The Labute approximate surface area is 177 Å². The van der Waals surface area contributed by atoms with Gasteiger partial charge in [0, 0.05) is 18.9 Å². The van der Waals surface area contributed by atoms with Crippen molar-refractivity contribution in [1.29, 1.82) is 0 Å². The maximum Gasteiger partial charge on any atom is 0.274 e. The first-order valence-corrected chi connectivity index (χ1v) is 10.3. The summed E-state index contributed by atoms with van der Waals surface area (Å²) in [6.45, 7) is 0. The van der Waals surface area contributed by atoms with Crippen molar-refractivity contribution in [2.24, 2.45) is 7.05 Å². The van der Waals surface area contributed by atoms with Crippen LogP contribution in [0.5, 0.6) is 5.75 Å². The van der Waals surface area contributed by atoms with E-state index in [2.05, 4.69) is 10.3 Å². The largest absolute Gasteiger partial charge is 0.497 e. The summed E-state index contributed by atoms with van der Waals surface area (Å²) in [6, 6.07) is 18.8. The van der Waals surface area contributed by atoms with Crippen molar-refractivity contribution in [3.05, 3.63) is 72.6 Å². The molecule has 2 aromatic carbocycles. The smallest absolute Gasteiger partial charge is 0.274 e. The molecule has 0 aliphatic rings. The van der Waals surface area contributed by atoms with E-state index in [1.54, 1.807) is 37.1 Å². The predicted molar refractivity (Wildman–Crippen MR) is 116 cm³/mol. The third kappa shape index (κ3) is 3.95. The van der Waals surface area contributed by atoms with Gasteiger partial charge in [-0.25, -0.2) is 4.98 Å². The number of ether oxygens (including phenoxy) is 1. The molecule has 0 bridgehead atoms. The highest BCUT2D eigenvalue weighted by Gasteiger charge is 2.17. The van der Waals surface area contributed by atoms with Crippen LogP contribution in [0.25, 0.3) is 16.7 Å². The van der Waals surface area contributed by atoms with E-state index in [4.69, 9.17) is 4.74 Å². The minimum atomic E-state index is -0.420. The Morgan fingerprint density at radius 1 is 1.07 bits per heavy atom. The second kappa shape index (κ2) is 8.46. The summed E-state index contributed by atoms with van der Waals surface area (Å²) in [5, 5.41) is 3.10. The van der Waals surface area contributed by atoms with E-state index in [1.807, 2.05) is 53.1 Å². The van der Waals surface area contributed by atoms with Crippen LogP contribution in [0.4, 0.5) is 0 Å². The summed E-state index contributed by atoms with van der Waals surface area (Å²) >= 11 is 1.28. The summed E-state index contributed by atoms with van der Waals surface area (Å²) in [4.78, 5) is 29.3. The molecule has 8 heteroatoms. The number of fused-ring (bicyclic) bond motifs is 1. The van der Waals surface area contributed by atoms with Crippen LogP contribution in [0.15, 0.2) is 72.0 Å². The van der Waals surface area contributed by atoms with Gasteiger partial charge in [-0.2, -0.15) is 0 Å². The van der Waals surface area contributed by atoms with E-state index in [9.17, 15) is 9.59 Å². The number of nitrogens with zero attached hydrogens (tertiary/aromatic N) is 3. The van der Waals surface area contributed by atoms with E-state index < -0.39 is 5.91 Å². The highest BCUT2D eigenvalue weighted by Crippen LogP contribution is 2.28. The van der Waals surface area contributed by atoms with Gasteiger partial charge in [0.2, 0.25) is 5.91 Å². The van der Waals surface area contributed by atoms with E-state index in [0.29, 0.717) is 10.9 Å². The lowest BCUT2D eigenvalue weighted by Gasteiger charge is -2.10. The van der Waals surface area contributed by atoms with Gasteiger partial charge < -0.3 is 9.30 Å². The third-order valence-corrected chi connectivity index (χ3v) is 5.56. The van der Waals surface area contributed by atoms with Gasteiger partial charge in [-0.1, -0.05) is 23.9 Å². The number of nitrogens with one attached hydrogen (secondary N) is 1. The zero-order valence-electron chi connectivity index (χ0n) is 16.5. The molecule has 2 amide bonds. The van der Waals surface area contributed by atoms with Crippen LogP contribution in [-0.2, 0) is 11.8 Å². The first-order chi connectivity index (χ1) is 14.6. The van der Waals surface area contributed by atoms with Gasteiger partial charge in [0.1, 0.15) is 11.4 Å². The van der Waals surface area contributed by atoms with Crippen LogP contribution < -0.4 is 10.1 Å². The average molecular weight is 420 g/mol. The fourth-order valence-corrected chi connectivity index (χ4v) is 3.96. The Morgan fingerprint density at radius 2 is 1.83 bits per heavy atom. The van der Waals surface area contributed by atoms with Gasteiger partial charge >= 0.3 is 0 Å². The first kappa shape index (κ1) is 19.8. The number of methoxy groups -OCH3 is 1. The summed E-state index contributed by atoms with van der Waals surface area (Å²) in [7, 11) is 3.38. The molecule has 7 nitrogen and oxygen atoms in total. The van der Waals surface area contributed by atoms with E-state index >= 15 is 0 Å². The molecule has 1 N–H and O–H groups in total. The van der Waals surface area contributed by atoms with Crippen LogP contribution in [0.1, 0.15) is 10.5 Å². The fourth-order valence-electron chi connectivity index (χ4n) is 3.14. The summed E-state index contributed by atoms with van der Waals surface area (Å²) in [6.07, 6.45) is 1.76. The van der Waals surface area contributed by atoms with Crippen molar-refractivity contribution in [2.75, 3.05) is 12.9 Å². The van der Waals surface area contributed by atoms with E-state index in [0.717, 1.165) is 22.5 Å². The standard InChI is InChI=1S/C22H20N4O3S/c1-25-13-5-8-19(25)21(28)24-20(27)14-30-22-23-17-6-3-4-7-18(17)26(22)15-9-11-16(29-2)12-10-15/h3-13H,14H2,1-2H3,(H,24,27,28). The fraction of sp³-hybridized carbons (Fsp3) is 0.136. The minimum Gasteiger partial charge on any atom is -0.497 e. The van der Waals surface area contributed by atoms with Gasteiger partial charge in [-0.3, -0.25) is 19.5 Å². The second-order valence-electron chi connectivity index (χ2n) is 6.59. The molecule has 0 spiro atoms. The van der Waals surface area contributed by atoms with Gasteiger partial charge in [0.05, 0.1) is 23.9 Å². The summed E-state index contributed by atoms with van der Waals surface area (Å²) in [5.41, 5.74) is 3.10. The van der Waals surface area contributed by atoms with Crippen molar-refractivity contribution in [1.82, 2.24) is 19.4 Å². The molecule has 0 saturated heterocycles. The highest BCUT2D eigenvalue weighted by molar-refractivity contribution is 7.99. The number of thioether (sulfide) groups is 1. The molecule has 152 valence electrons. The molecule has 0 unspecified atom stereocenters. The number of imidazole rings is 1. The second-order valence-corrected chi connectivity index (χ2v) is 7.53. The molecule has 0 saturated carbocycles. The molecule has 30 heavy (non-hydrogen) atoms. The number of hydrogen-bond donors (Lipinski definition) is 1. The molecular formula is C22H20N4O3S. The van der Waals surface area contributed by atoms with Crippen molar-refractivity contribution in [3.8, 4) is 11.4 Å². The number of imide groups is 1. The molecule has 0 aliphatic carbocycles. The first-order valence-electron chi connectivity index (χ1n) is 9.27. The molecule has 4 aromatic rings. The SMILES string of the molecule is COc1ccc(-n2c(SCC(=O)NC(=O)c3cccn3C)nc3ccccc32)cc1. The Hall–Kier alpha value is -3.52. The molecule has 2 aromatic heterocycles. The summed E-state index contributed by atoms with van der Waals surface area (Å²) in [5.74, 6) is 0.0301. The molecule has 0 aliphatic heterocycles. The lowest BCUT2D eigenvalue weighted by atomic mass is 10.2. The molecule has 2 heterocycles. The zero-order valence-corrected chi connectivity index (χ0v) is 17.3. The molecule has 0 atom stereocenters. The Balaban J connectivity index is 1.55. The predicted octanol–water partition coefficient (Wildman–Crippen LogP) is 3.42. The number of carbonyl (C=O) groups excluding carboxylic acids is 2. The van der Waals surface area contributed by atoms with Crippen molar-refractivity contribution >= 4 is 34.6 Å². The number of para-hydroxylation sites is 2. The number of carbonyl (C=O) groups is 2. The van der Waals surface area contributed by atoms with Crippen molar-refractivity contribution in [3.63, 3.8) is 0 Å². The Bertz CT molecular complexity index is 1210. The quantitative estimate of drug-likeness (QED) is 0.484. The normalized spacial score (nSPS) is 10.9. The van der Waals surface area contributed by atoms with Crippen molar-refractivity contribution in [2.45, 2.75) is 5.16 Å². The molecule has 4 rings (SSSR count). The highest BCUT2D eigenvalue weighted by atomic mass is 32.2. The topological polar surface area (TPSA) is 78.1 Å². The van der Waals surface area contributed by atoms with Crippen LogP contribution in [0.3, 0.4) is 0 Å². The maximum absolute atomic E-state index is 12.4. The van der Waals surface area contributed by atoms with Crippen LogP contribution in [0.2, 0.25) is 0 Å². The van der Waals surface area contributed by atoms with E-state index in [1.165, 1.54) is 11.8 Å². The van der Waals surface area contributed by atoms with Gasteiger partial charge in [0.15, 0.2) is 5.16 Å². The average Bonchev–Trinajstić information content (AvgIpc) is 3.35. The van der Waals surface area contributed by atoms with Crippen LogP contribution >= 0.6 is 11.8 Å². The van der Waals surface area contributed by atoms with Gasteiger partial charge in [-0.05, 0) is 48.5 Å². The molecule has 0 fully saturated rings. The number of benzene rings is 2. The lowest BCUT2D eigenvalue weighted by Crippen LogP contribution is -2.33. The molecule has 0 radical (unpaired) electrons. The Kier molecular flexibility index (Phi) is 5.58. The van der Waals surface area contributed by atoms with Gasteiger partial charge in [0.25, 0.3) is 5.91 Å². The third-order valence-electron chi connectivity index (χ3n) is 4.62. The van der Waals surface area contributed by atoms with Crippen LogP contribution in [-0.4, -0.2) is 38.8 Å². The molecular weight excluding hydrogens is 400 g/mol. The Morgan fingerprint density at radius 3 is 2.53 bits per heavy atom. The zero-order chi connectivity index (χ0) is 21.1. The number of rotatable bonds is 6. The van der Waals surface area contributed by atoms with Gasteiger partial charge in [-0.15, -0.1) is 0 Å². The summed E-state index contributed by atoms with van der Waals surface area (Å²) < 4.78 is 8.90. The monoisotopic (exact) mass is 420 g/mol. The van der Waals surface area contributed by atoms with Crippen LogP contribution in [0, 0.1) is 0 Å². The number of amides is 2. The van der Waals surface area contributed by atoms with E-state index in [-0.39, 0.29) is 11.7 Å². The maximum atomic E-state index is 12.4. The lowest BCUT2D eigenvalue weighted by molar-refractivity contribution is -0.117. The number of aryl methyl sites for hydroxylation is 1. The van der Waals surface area contributed by atoms with Crippen molar-refractivity contribution < 1.29 is 14.3 Å².